The van der Waals surface area contributed by atoms with Crippen molar-refractivity contribution in [1.82, 2.24) is 10.2 Å². The van der Waals surface area contributed by atoms with Gasteiger partial charge in [0.15, 0.2) is 0 Å². The van der Waals surface area contributed by atoms with Gasteiger partial charge in [-0.2, -0.15) is 0 Å². The molecular formula is C16H26N2O. The summed E-state index contributed by atoms with van der Waals surface area (Å²) in [6.45, 7) is 8.69. The molecule has 0 radical (unpaired) electrons. The van der Waals surface area contributed by atoms with E-state index in [4.69, 9.17) is 4.74 Å². The molecule has 1 N–H and O–H groups in total. The lowest BCUT2D eigenvalue weighted by atomic mass is 10.2. The highest BCUT2D eigenvalue weighted by Gasteiger charge is 2.09. The number of hydrogen-bond donors (Lipinski definition) is 1. The maximum Gasteiger partial charge on any atom is 0.119 e. The van der Waals surface area contributed by atoms with E-state index >= 15 is 0 Å². The first-order valence-corrected chi connectivity index (χ1v) is 7.53. The van der Waals surface area contributed by atoms with Crippen molar-refractivity contribution in [3.8, 4) is 5.75 Å². The number of nitrogens with one attached hydrogen (secondary N) is 1. The van der Waals surface area contributed by atoms with Gasteiger partial charge in [-0.05, 0) is 50.0 Å². The van der Waals surface area contributed by atoms with E-state index < -0.39 is 0 Å². The predicted molar refractivity (Wildman–Crippen MR) is 79.6 cm³/mol. The van der Waals surface area contributed by atoms with Crippen LogP contribution in [0.1, 0.15) is 31.7 Å². The average molecular weight is 262 g/mol. The Balaban J connectivity index is 1.62. The highest BCUT2D eigenvalue weighted by Crippen LogP contribution is 2.12. The molecule has 0 unspecified atom stereocenters. The summed E-state index contributed by atoms with van der Waals surface area (Å²) in [5.74, 6) is 0.975. The van der Waals surface area contributed by atoms with Crippen LogP contribution in [0.5, 0.6) is 5.75 Å². The van der Waals surface area contributed by atoms with Crippen molar-refractivity contribution in [3.05, 3.63) is 29.8 Å². The average Bonchev–Trinajstić information content (AvgIpc) is 2.96. The van der Waals surface area contributed by atoms with Crippen LogP contribution < -0.4 is 10.1 Å². The molecule has 0 aromatic heterocycles. The molecule has 0 saturated carbocycles. The van der Waals surface area contributed by atoms with Crippen LogP contribution in [0.3, 0.4) is 0 Å². The SMILES string of the molecule is CCCOc1ccc(CNCCN2CCCC2)cc1. The molecule has 0 atom stereocenters. The van der Waals surface area contributed by atoms with Gasteiger partial charge in [-0.15, -0.1) is 0 Å². The van der Waals surface area contributed by atoms with Crippen molar-refractivity contribution in [2.75, 3.05) is 32.8 Å². The number of likely N-dealkylation sites (tertiary alicyclic amines) is 1. The second-order valence-electron chi connectivity index (χ2n) is 5.22. The molecular weight excluding hydrogens is 236 g/mol. The monoisotopic (exact) mass is 262 g/mol. The van der Waals surface area contributed by atoms with Crippen LogP contribution in [0.25, 0.3) is 0 Å². The quantitative estimate of drug-likeness (QED) is 0.729. The van der Waals surface area contributed by atoms with E-state index in [1.807, 2.05) is 0 Å². The number of benzene rings is 1. The van der Waals surface area contributed by atoms with Gasteiger partial charge in [0, 0.05) is 19.6 Å². The van der Waals surface area contributed by atoms with Gasteiger partial charge in [0.25, 0.3) is 0 Å². The minimum atomic E-state index is 0.799. The molecule has 3 heteroatoms. The zero-order chi connectivity index (χ0) is 13.3. The van der Waals surface area contributed by atoms with Gasteiger partial charge in [0.2, 0.25) is 0 Å². The van der Waals surface area contributed by atoms with Gasteiger partial charge in [-0.3, -0.25) is 0 Å². The third-order valence-electron chi connectivity index (χ3n) is 3.53. The number of nitrogens with zero attached hydrogens (tertiary/aromatic N) is 1. The summed E-state index contributed by atoms with van der Waals surface area (Å²) in [4.78, 5) is 2.54. The number of rotatable bonds is 8. The van der Waals surface area contributed by atoms with Crippen molar-refractivity contribution < 1.29 is 4.74 Å². The zero-order valence-electron chi connectivity index (χ0n) is 12.0. The van der Waals surface area contributed by atoms with E-state index in [2.05, 4.69) is 41.4 Å². The molecule has 0 amide bonds. The van der Waals surface area contributed by atoms with Crippen LogP contribution in [-0.4, -0.2) is 37.7 Å². The first-order valence-electron chi connectivity index (χ1n) is 7.53. The van der Waals surface area contributed by atoms with Gasteiger partial charge < -0.3 is 15.0 Å². The van der Waals surface area contributed by atoms with Gasteiger partial charge in [0.05, 0.1) is 6.61 Å². The molecule has 1 aliphatic rings. The molecule has 1 aromatic carbocycles. The summed E-state index contributed by atoms with van der Waals surface area (Å²) < 4.78 is 5.58. The molecule has 2 rings (SSSR count). The third-order valence-corrected chi connectivity index (χ3v) is 3.53. The van der Waals surface area contributed by atoms with Crippen LogP contribution >= 0.6 is 0 Å². The molecule has 1 heterocycles. The molecule has 1 saturated heterocycles. The van der Waals surface area contributed by atoms with E-state index in [1.165, 1.54) is 38.0 Å². The normalized spacial score (nSPS) is 15.8. The fraction of sp³-hybridized carbons (Fsp3) is 0.625. The highest BCUT2D eigenvalue weighted by molar-refractivity contribution is 5.27. The molecule has 106 valence electrons. The van der Waals surface area contributed by atoms with E-state index in [-0.39, 0.29) is 0 Å². The fourth-order valence-corrected chi connectivity index (χ4v) is 2.40. The van der Waals surface area contributed by atoms with E-state index in [0.29, 0.717) is 0 Å². The molecule has 1 aromatic rings. The molecule has 1 aliphatic heterocycles. The lowest BCUT2D eigenvalue weighted by Crippen LogP contribution is -2.29. The third kappa shape index (κ3) is 5.21. The molecule has 0 spiro atoms. The lowest BCUT2D eigenvalue weighted by molar-refractivity contribution is 0.317. The summed E-state index contributed by atoms with van der Waals surface area (Å²) in [5, 5.41) is 3.51. The van der Waals surface area contributed by atoms with Crippen LogP contribution in [0.2, 0.25) is 0 Å². The van der Waals surface area contributed by atoms with Crippen molar-refractivity contribution in [1.29, 1.82) is 0 Å². The summed E-state index contributed by atoms with van der Waals surface area (Å²) in [7, 11) is 0. The Morgan fingerprint density at radius 1 is 1.16 bits per heavy atom. The smallest absolute Gasteiger partial charge is 0.119 e. The molecule has 0 aliphatic carbocycles. The second kappa shape index (κ2) is 8.18. The van der Waals surface area contributed by atoms with E-state index in [9.17, 15) is 0 Å². The largest absolute Gasteiger partial charge is 0.494 e. The van der Waals surface area contributed by atoms with E-state index in [1.54, 1.807) is 0 Å². The van der Waals surface area contributed by atoms with Gasteiger partial charge >= 0.3 is 0 Å². The van der Waals surface area contributed by atoms with Gasteiger partial charge in [-0.25, -0.2) is 0 Å². The van der Waals surface area contributed by atoms with Crippen molar-refractivity contribution in [3.63, 3.8) is 0 Å². The Hall–Kier alpha value is -1.06. The second-order valence-corrected chi connectivity index (χ2v) is 5.22. The van der Waals surface area contributed by atoms with Crippen LogP contribution in [0, 0.1) is 0 Å². The molecule has 3 nitrogen and oxygen atoms in total. The molecule has 1 fully saturated rings. The Bertz CT molecular complexity index is 344. The minimum absolute atomic E-state index is 0.799. The first kappa shape index (κ1) is 14.4. The summed E-state index contributed by atoms with van der Waals surface area (Å²) >= 11 is 0. The Morgan fingerprint density at radius 3 is 2.58 bits per heavy atom. The van der Waals surface area contributed by atoms with Crippen molar-refractivity contribution >= 4 is 0 Å². The molecule has 0 bridgehead atoms. The zero-order valence-corrected chi connectivity index (χ0v) is 12.0. The Labute approximate surface area is 116 Å². The van der Waals surface area contributed by atoms with Crippen molar-refractivity contribution in [2.24, 2.45) is 0 Å². The topological polar surface area (TPSA) is 24.5 Å². The van der Waals surface area contributed by atoms with Crippen LogP contribution in [0.15, 0.2) is 24.3 Å². The minimum Gasteiger partial charge on any atom is -0.494 e. The van der Waals surface area contributed by atoms with Crippen molar-refractivity contribution in [2.45, 2.75) is 32.7 Å². The summed E-state index contributed by atoms with van der Waals surface area (Å²) in [5.41, 5.74) is 1.32. The Morgan fingerprint density at radius 2 is 1.89 bits per heavy atom. The number of ether oxygens (including phenoxy) is 1. The predicted octanol–water partition coefficient (Wildman–Crippen LogP) is 2.66. The van der Waals surface area contributed by atoms with Gasteiger partial charge in [-0.1, -0.05) is 19.1 Å². The maximum absolute atomic E-state index is 5.58. The first-order chi connectivity index (χ1) is 9.38. The fourth-order valence-electron chi connectivity index (χ4n) is 2.40. The molecule has 19 heavy (non-hydrogen) atoms. The van der Waals surface area contributed by atoms with Crippen LogP contribution in [0.4, 0.5) is 0 Å². The van der Waals surface area contributed by atoms with Crippen LogP contribution in [-0.2, 0) is 6.54 Å². The van der Waals surface area contributed by atoms with Gasteiger partial charge in [0.1, 0.15) is 5.75 Å². The lowest BCUT2D eigenvalue weighted by Gasteiger charge is -2.14. The van der Waals surface area contributed by atoms with E-state index in [0.717, 1.165) is 31.9 Å². The number of hydrogen-bond acceptors (Lipinski definition) is 3. The highest BCUT2D eigenvalue weighted by atomic mass is 16.5. The standard InChI is InChI=1S/C16H26N2O/c1-2-13-19-16-7-5-15(6-8-16)14-17-9-12-18-10-3-4-11-18/h5-8,17H,2-4,9-14H2,1H3. The summed E-state index contributed by atoms with van der Waals surface area (Å²) in [6.07, 6.45) is 3.80. The Kier molecular flexibility index (Phi) is 6.18. The maximum atomic E-state index is 5.58. The summed E-state index contributed by atoms with van der Waals surface area (Å²) in [6, 6.07) is 8.42.